The summed E-state index contributed by atoms with van der Waals surface area (Å²) in [5.74, 6) is -9.58. The van der Waals surface area contributed by atoms with Gasteiger partial charge in [0.05, 0.1) is 29.3 Å². The van der Waals surface area contributed by atoms with Gasteiger partial charge in [0.25, 0.3) is 0 Å². The van der Waals surface area contributed by atoms with Crippen molar-refractivity contribution in [2.45, 2.75) is 58.3 Å². The van der Waals surface area contributed by atoms with Gasteiger partial charge in [-0.15, -0.1) is 0 Å². The third-order valence-electron chi connectivity index (χ3n) is 6.70. The van der Waals surface area contributed by atoms with Crippen LogP contribution in [0.15, 0.2) is 60.8 Å². The molecule has 0 aliphatic heterocycles. The fourth-order valence-corrected chi connectivity index (χ4v) is 4.51. The number of rotatable bonds is 13. The molecule has 2 aromatic heterocycles. The fourth-order valence-electron chi connectivity index (χ4n) is 4.51. The molecule has 40 heavy (non-hydrogen) atoms. The highest BCUT2D eigenvalue weighted by molar-refractivity contribution is 5.83. The second-order valence-corrected chi connectivity index (χ2v) is 9.60. The minimum Gasteiger partial charge on any atom is -0.494 e. The predicted molar refractivity (Wildman–Crippen MR) is 146 cm³/mol. The summed E-state index contributed by atoms with van der Waals surface area (Å²) in [7, 11) is 0. The number of hydrogen-bond donors (Lipinski definition) is 0. The Morgan fingerprint density at radius 3 is 1.88 bits per heavy atom. The average molecular weight is 555 g/mol. The Bertz CT molecular complexity index is 1380. The first-order chi connectivity index (χ1) is 19.4. The van der Waals surface area contributed by atoms with Crippen molar-refractivity contribution in [3.63, 3.8) is 0 Å². The van der Waals surface area contributed by atoms with Gasteiger partial charge >= 0.3 is 0 Å². The molecule has 3 nitrogen and oxygen atoms in total. The van der Waals surface area contributed by atoms with E-state index in [-0.39, 0.29) is 17.0 Å². The summed E-state index contributed by atoms with van der Waals surface area (Å²) in [5, 5.41) is 0. The fraction of sp³-hybridized carbons (Fsp3) is 0.312. The molecule has 2 heterocycles. The van der Waals surface area contributed by atoms with Crippen molar-refractivity contribution in [1.82, 2.24) is 9.97 Å². The lowest BCUT2D eigenvalue weighted by Gasteiger charge is -2.15. The summed E-state index contributed by atoms with van der Waals surface area (Å²) in [6.07, 6.45) is 11.0. The molecule has 0 aliphatic carbocycles. The molecule has 2 aromatic carbocycles. The topological polar surface area (TPSA) is 35.0 Å². The maximum absolute atomic E-state index is 14.9. The van der Waals surface area contributed by atoms with E-state index in [0.717, 1.165) is 12.8 Å². The summed E-state index contributed by atoms with van der Waals surface area (Å²) in [5.41, 5.74) is -0.226. The van der Waals surface area contributed by atoms with E-state index in [1.165, 1.54) is 50.8 Å². The Hall–Kier alpha value is -3.81. The van der Waals surface area contributed by atoms with Crippen LogP contribution in [-0.4, -0.2) is 16.6 Å². The van der Waals surface area contributed by atoms with Gasteiger partial charge in [0.2, 0.25) is 5.82 Å². The number of benzene rings is 2. The Morgan fingerprint density at radius 2 is 1.25 bits per heavy atom. The zero-order valence-electron chi connectivity index (χ0n) is 22.3. The lowest BCUT2D eigenvalue weighted by atomic mass is 9.97. The molecule has 0 unspecified atom stereocenters. The van der Waals surface area contributed by atoms with E-state index in [1.54, 1.807) is 48.5 Å². The van der Waals surface area contributed by atoms with Crippen molar-refractivity contribution in [2.24, 2.45) is 0 Å². The van der Waals surface area contributed by atoms with Crippen molar-refractivity contribution in [1.29, 1.82) is 0 Å². The largest absolute Gasteiger partial charge is 0.494 e. The van der Waals surface area contributed by atoms with E-state index in [1.807, 2.05) is 0 Å². The molecule has 210 valence electrons. The van der Waals surface area contributed by atoms with Gasteiger partial charge in [0.15, 0.2) is 23.3 Å². The SMILES string of the molecule is CCCCCCCCCCOc1ccc(-c2ccc(-c3ccccn3)nc2-c2c(F)c(F)c(F)c(F)c2F)cc1. The smallest absolute Gasteiger partial charge is 0.200 e. The molecule has 0 fully saturated rings. The van der Waals surface area contributed by atoms with Crippen LogP contribution in [-0.2, 0) is 0 Å². The van der Waals surface area contributed by atoms with Crippen LogP contribution < -0.4 is 4.74 Å². The average Bonchev–Trinajstić information content (AvgIpc) is 2.99. The Morgan fingerprint density at radius 1 is 0.625 bits per heavy atom. The molecule has 0 saturated carbocycles. The van der Waals surface area contributed by atoms with Crippen LogP contribution in [0.5, 0.6) is 5.75 Å². The van der Waals surface area contributed by atoms with Gasteiger partial charge in [-0.2, -0.15) is 0 Å². The van der Waals surface area contributed by atoms with Crippen molar-refractivity contribution in [3.05, 3.63) is 89.9 Å². The van der Waals surface area contributed by atoms with E-state index in [2.05, 4.69) is 16.9 Å². The second kappa shape index (κ2) is 14.0. The highest BCUT2D eigenvalue weighted by Gasteiger charge is 2.29. The van der Waals surface area contributed by atoms with Crippen molar-refractivity contribution in [3.8, 4) is 39.5 Å². The molecule has 4 aromatic rings. The third-order valence-corrected chi connectivity index (χ3v) is 6.70. The summed E-state index contributed by atoms with van der Waals surface area (Å²) >= 11 is 0. The van der Waals surface area contributed by atoms with Crippen molar-refractivity contribution < 1.29 is 26.7 Å². The lowest BCUT2D eigenvalue weighted by molar-refractivity contribution is 0.304. The van der Waals surface area contributed by atoms with E-state index >= 15 is 0 Å². The van der Waals surface area contributed by atoms with E-state index in [4.69, 9.17) is 4.74 Å². The summed E-state index contributed by atoms with van der Waals surface area (Å²) in [6.45, 7) is 2.76. The third kappa shape index (κ3) is 6.84. The maximum Gasteiger partial charge on any atom is 0.200 e. The quantitative estimate of drug-likeness (QED) is 0.0714. The molecule has 0 atom stereocenters. The Balaban J connectivity index is 1.57. The second-order valence-electron chi connectivity index (χ2n) is 9.60. The summed E-state index contributed by atoms with van der Waals surface area (Å²) < 4.78 is 77.7. The van der Waals surface area contributed by atoms with Crippen LogP contribution in [0.3, 0.4) is 0 Å². The number of nitrogens with zero attached hydrogens (tertiary/aromatic N) is 2. The van der Waals surface area contributed by atoms with Gasteiger partial charge in [-0.05, 0) is 48.4 Å². The first-order valence-electron chi connectivity index (χ1n) is 13.6. The van der Waals surface area contributed by atoms with E-state index < -0.39 is 34.6 Å². The lowest BCUT2D eigenvalue weighted by Crippen LogP contribution is -2.06. The zero-order chi connectivity index (χ0) is 28.5. The molecule has 0 saturated heterocycles. The van der Waals surface area contributed by atoms with Crippen LogP contribution in [0.25, 0.3) is 33.8 Å². The van der Waals surface area contributed by atoms with Crippen LogP contribution in [0.4, 0.5) is 22.0 Å². The number of unbranched alkanes of at least 4 members (excludes halogenated alkanes) is 7. The molecule has 0 aliphatic rings. The van der Waals surface area contributed by atoms with Gasteiger partial charge in [-0.3, -0.25) is 4.98 Å². The first-order valence-corrected chi connectivity index (χ1v) is 13.6. The van der Waals surface area contributed by atoms with Gasteiger partial charge in [0.1, 0.15) is 5.75 Å². The van der Waals surface area contributed by atoms with Crippen LogP contribution >= 0.6 is 0 Å². The highest BCUT2D eigenvalue weighted by atomic mass is 19.2. The zero-order valence-corrected chi connectivity index (χ0v) is 22.3. The Kier molecular flexibility index (Phi) is 10.2. The number of pyridine rings is 2. The molecule has 0 amide bonds. The minimum atomic E-state index is -2.22. The molecular weight excluding hydrogens is 523 g/mol. The summed E-state index contributed by atoms with van der Waals surface area (Å²) in [4.78, 5) is 8.50. The van der Waals surface area contributed by atoms with Crippen LogP contribution in [0.1, 0.15) is 58.3 Å². The van der Waals surface area contributed by atoms with Crippen LogP contribution in [0, 0.1) is 29.1 Å². The molecule has 0 spiro atoms. The van der Waals surface area contributed by atoms with Crippen molar-refractivity contribution in [2.75, 3.05) is 6.61 Å². The Labute approximate surface area is 231 Å². The summed E-state index contributed by atoms with van der Waals surface area (Å²) in [6, 6.07) is 14.9. The number of halogens is 5. The minimum absolute atomic E-state index is 0.192. The molecule has 0 bridgehead atoms. The maximum atomic E-state index is 14.9. The molecule has 4 rings (SSSR count). The normalized spacial score (nSPS) is 11.2. The van der Waals surface area contributed by atoms with E-state index in [0.29, 0.717) is 23.6 Å². The monoisotopic (exact) mass is 554 g/mol. The first kappa shape index (κ1) is 29.2. The van der Waals surface area contributed by atoms with Gasteiger partial charge < -0.3 is 4.74 Å². The number of aromatic nitrogens is 2. The number of ether oxygens (including phenoxy) is 1. The molecule has 0 N–H and O–H groups in total. The van der Waals surface area contributed by atoms with Crippen molar-refractivity contribution >= 4 is 0 Å². The predicted octanol–water partition coefficient (Wildman–Crippen LogP) is 9.69. The standard InChI is InChI=1S/C32H31F5N2O/c1-2-3-4-5-6-7-8-11-20-40-22-15-13-21(14-16-22)23-17-18-25(24-12-9-10-19-38-24)39-32(23)26-27(33)29(35)31(37)30(36)28(26)34/h9-10,12-19H,2-8,11,20H2,1H3. The molecule has 8 heteroatoms. The molecule has 0 radical (unpaired) electrons. The van der Waals surface area contributed by atoms with Gasteiger partial charge in [-0.1, -0.05) is 70.1 Å². The number of hydrogen-bond acceptors (Lipinski definition) is 3. The van der Waals surface area contributed by atoms with E-state index in [9.17, 15) is 22.0 Å². The van der Waals surface area contributed by atoms with Gasteiger partial charge in [0, 0.05) is 11.8 Å². The van der Waals surface area contributed by atoms with Gasteiger partial charge in [-0.25, -0.2) is 26.9 Å². The molecular formula is C32H31F5N2O. The highest BCUT2D eigenvalue weighted by Crippen LogP contribution is 2.38. The van der Waals surface area contributed by atoms with Crippen LogP contribution in [0.2, 0.25) is 0 Å².